The molecule has 4 heteroatoms. The van der Waals surface area contributed by atoms with E-state index in [9.17, 15) is 4.79 Å². The first kappa shape index (κ1) is 11.4. The van der Waals surface area contributed by atoms with Crippen LogP contribution in [0.15, 0.2) is 0 Å². The van der Waals surface area contributed by atoms with Crippen LogP contribution in [-0.2, 0) is 4.79 Å². The van der Waals surface area contributed by atoms with Gasteiger partial charge in [-0.05, 0) is 20.0 Å². The first-order valence-electron chi connectivity index (χ1n) is 4.28. The number of hydrogen-bond donors (Lipinski definition) is 2. The fourth-order valence-corrected chi connectivity index (χ4v) is 0.959. The third kappa shape index (κ3) is 7.50. The van der Waals surface area contributed by atoms with E-state index in [-0.39, 0.29) is 6.54 Å². The lowest BCUT2D eigenvalue weighted by Crippen LogP contribution is -2.32. The second-order valence-corrected chi connectivity index (χ2v) is 2.87. The van der Waals surface area contributed by atoms with Crippen LogP contribution in [0.5, 0.6) is 0 Å². The highest BCUT2D eigenvalue weighted by molar-refractivity contribution is 5.68. The summed E-state index contributed by atoms with van der Waals surface area (Å²) in [6.45, 7) is 4.89. The van der Waals surface area contributed by atoms with Crippen LogP contribution in [0, 0.1) is 0 Å². The van der Waals surface area contributed by atoms with Crippen LogP contribution in [0.1, 0.15) is 13.3 Å². The number of carbonyl (C=O) groups is 1. The lowest BCUT2D eigenvalue weighted by Gasteiger charge is -2.14. The average Bonchev–Trinajstić information content (AvgIpc) is 1.98. The van der Waals surface area contributed by atoms with Gasteiger partial charge in [0.1, 0.15) is 0 Å². The van der Waals surface area contributed by atoms with Crippen molar-refractivity contribution in [2.45, 2.75) is 13.3 Å². The minimum atomic E-state index is -0.798. The number of carboxylic acids is 1. The summed E-state index contributed by atoms with van der Waals surface area (Å²) in [5, 5.41) is 11.1. The van der Waals surface area contributed by atoms with Crippen molar-refractivity contribution < 1.29 is 9.90 Å². The molecule has 0 aliphatic rings. The molecule has 0 aromatic rings. The van der Waals surface area contributed by atoms with E-state index in [0.717, 1.165) is 26.1 Å². The second kappa shape index (κ2) is 7.06. The SMILES string of the molecule is CCCN(C)CCNCC(=O)O. The monoisotopic (exact) mass is 174 g/mol. The van der Waals surface area contributed by atoms with Crippen molar-refractivity contribution in [3.8, 4) is 0 Å². The quantitative estimate of drug-likeness (QED) is 0.533. The molecule has 12 heavy (non-hydrogen) atoms. The molecule has 0 aliphatic carbocycles. The van der Waals surface area contributed by atoms with E-state index in [1.54, 1.807) is 0 Å². The highest BCUT2D eigenvalue weighted by Gasteiger charge is 1.97. The zero-order valence-corrected chi connectivity index (χ0v) is 7.84. The predicted molar refractivity (Wildman–Crippen MR) is 48.3 cm³/mol. The minimum absolute atomic E-state index is 0.0555. The van der Waals surface area contributed by atoms with Gasteiger partial charge in [-0.25, -0.2) is 0 Å². The average molecular weight is 174 g/mol. The van der Waals surface area contributed by atoms with Crippen LogP contribution in [-0.4, -0.2) is 49.2 Å². The summed E-state index contributed by atoms with van der Waals surface area (Å²) in [5.74, 6) is -0.798. The number of nitrogens with zero attached hydrogens (tertiary/aromatic N) is 1. The zero-order chi connectivity index (χ0) is 9.40. The van der Waals surface area contributed by atoms with Gasteiger partial charge >= 0.3 is 5.97 Å². The van der Waals surface area contributed by atoms with Crippen LogP contribution in [0.2, 0.25) is 0 Å². The molecule has 0 aliphatic heterocycles. The van der Waals surface area contributed by atoms with Gasteiger partial charge in [-0.1, -0.05) is 6.92 Å². The van der Waals surface area contributed by atoms with Crippen LogP contribution < -0.4 is 5.32 Å². The van der Waals surface area contributed by atoms with Gasteiger partial charge in [0, 0.05) is 13.1 Å². The molecule has 0 saturated carbocycles. The largest absolute Gasteiger partial charge is 0.480 e. The van der Waals surface area contributed by atoms with Gasteiger partial charge in [0.2, 0.25) is 0 Å². The molecule has 72 valence electrons. The van der Waals surface area contributed by atoms with Crippen molar-refractivity contribution >= 4 is 5.97 Å². The van der Waals surface area contributed by atoms with Crippen LogP contribution in [0.4, 0.5) is 0 Å². The second-order valence-electron chi connectivity index (χ2n) is 2.87. The number of aliphatic carboxylic acids is 1. The molecule has 0 unspecified atom stereocenters. The van der Waals surface area contributed by atoms with Crippen molar-refractivity contribution in [1.82, 2.24) is 10.2 Å². The smallest absolute Gasteiger partial charge is 0.317 e. The van der Waals surface area contributed by atoms with Gasteiger partial charge in [-0.2, -0.15) is 0 Å². The molecule has 0 heterocycles. The maximum absolute atomic E-state index is 10.1. The number of hydrogen-bond acceptors (Lipinski definition) is 3. The Hall–Kier alpha value is -0.610. The summed E-state index contributed by atoms with van der Waals surface area (Å²) in [7, 11) is 2.03. The van der Waals surface area contributed by atoms with E-state index in [1.807, 2.05) is 7.05 Å². The zero-order valence-electron chi connectivity index (χ0n) is 7.84. The van der Waals surface area contributed by atoms with E-state index in [2.05, 4.69) is 17.1 Å². The lowest BCUT2D eigenvalue weighted by molar-refractivity contribution is -0.135. The van der Waals surface area contributed by atoms with E-state index >= 15 is 0 Å². The van der Waals surface area contributed by atoms with Crippen molar-refractivity contribution in [2.24, 2.45) is 0 Å². The van der Waals surface area contributed by atoms with Crippen LogP contribution >= 0.6 is 0 Å². The van der Waals surface area contributed by atoms with Gasteiger partial charge in [0.15, 0.2) is 0 Å². The Balaban J connectivity index is 3.13. The Morgan fingerprint density at radius 3 is 2.67 bits per heavy atom. The van der Waals surface area contributed by atoms with Gasteiger partial charge in [0.05, 0.1) is 6.54 Å². The molecule has 0 amide bonds. The number of carboxylic acid groups (broad SMARTS) is 1. The molecular formula is C8H18N2O2. The summed E-state index contributed by atoms with van der Waals surface area (Å²) in [4.78, 5) is 12.3. The lowest BCUT2D eigenvalue weighted by atomic mass is 10.4. The number of likely N-dealkylation sites (N-methyl/N-ethyl adjacent to an activating group) is 1. The van der Waals surface area contributed by atoms with E-state index in [4.69, 9.17) is 5.11 Å². The Kier molecular flexibility index (Phi) is 6.70. The first-order valence-corrected chi connectivity index (χ1v) is 4.28. The molecule has 0 atom stereocenters. The molecule has 0 spiro atoms. The molecule has 0 radical (unpaired) electrons. The van der Waals surface area contributed by atoms with E-state index < -0.39 is 5.97 Å². The maximum Gasteiger partial charge on any atom is 0.317 e. The number of rotatable bonds is 7. The summed E-state index contributed by atoms with van der Waals surface area (Å²) in [6, 6.07) is 0. The molecule has 2 N–H and O–H groups in total. The molecule has 0 rings (SSSR count). The highest BCUT2D eigenvalue weighted by atomic mass is 16.4. The molecule has 0 aromatic heterocycles. The highest BCUT2D eigenvalue weighted by Crippen LogP contribution is 1.83. The van der Waals surface area contributed by atoms with Gasteiger partial charge in [0.25, 0.3) is 0 Å². The molecule has 0 saturated heterocycles. The summed E-state index contributed by atoms with van der Waals surface area (Å²) in [5.41, 5.74) is 0. The van der Waals surface area contributed by atoms with Crippen molar-refractivity contribution in [2.75, 3.05) is 33.2 Å². The molecule has 0 fully saturated rings. The molecular weight excluding hydrogens is 156 g/mol. The Morgan fingerprint density at radius 2 is 2.17 bits per heavy atom. The Labute approximate surface area is 73.6 Å². The van der Waals surface area contributed by atoms with Crippen molar-refractivity contribution in [1.29, 1.82) is 0 Å². The topological polar surface area (TPSA) is 52.6 Å². The summed E-state index contributed by atoms with van der Waals surface area (Å²) >= 11 is 0. The molecule has 0 bridgehead atoms. The van der Waals surface area contributed by atoms with E-state index in [1.165, 1.54) is 0 Å². The minimum Gasteiger partial charge on any atom is -0.480 e. The Morgan fingerprint density at radius 1 is 1.50 bits per heavy atom. The summed E-state index contributed by atoms with van der Waals surface area (Å²) < 4.78 is 0. The van der Waals surface area contributed by atoms with Gasteiger partial charge in [-0.3, -0.25) is 4.79 Å². The first-order chi connectivity index (χ1) is 5.66. The van der Waals surface area contributed by atoms with Gasteiger partial charge in [-0.15, -0.1) is 0 Å². The van der Waals surface area contributed by atoms with Gasteiger partial charge < -0.3 is 15.3 Å². The fraction of sp³-hybridized carbons (Fsp3) is 0.875. The maximum atomic E-state index is 10.1. The fourth-order valence-electron chi connectivity index (χ4n) is 0.959. The van der Waals surface area contributed by atoms with Crippen LogP contribution in [0.25, 0.3) is 0 Å². The predicted octanol–water partition coefficient (Wildman–Crippen LogP) is 0.00240. The van der Waals surface area contributed by atoms with Crippen LogP contribution in [0.3, 0.4) is 0 Å². The van der Waals surface area contributed by atoms with E-state index in [0.29, 0.717) is 0 Å². The summed E-state index contributed by atoms with van der Waals surface area (Å²) in [6.07, 6.45) is 1.13. The number of nitrogens with one attached hydrogen (secondary N) is 1. The normalized spacial score (nSPS) is 10.6. The molecule has 4 nitrogen and oxygen atoms in total. The standard InChI is InChI=1S/C8H18N2O2/c1-3-5-10(2)6-4-9-7-8(11)12/h9H,3-7H2,1-2H3,(H,11,12). The Bertz CT molecular complexity index is 128. The van der Waals surface area contributed by atoms with Crippen molar-refractivity contribution in [3.05, 3.63) is 0 Å². The molecule has 0 aromatic carbocycles. The third-order valence-corrected chi connectivity index (χ3v) is 1.55. The van der Waals surface area contributed by atoms with Crippen molar-refractivity contribution in [3.63, 3.8) is 0 Å². The third-order valence-electron chi connectivity index (χ3n) is 1.55.